The maximum absolute atomic E-state index is 9.76. The summed E-state index contributed by atoms with van der Waals surface area (Å²) < 4.78 is 0. The third kappa shape index (κ3) is 1.77. The molecule has 1 N–H and O–H groups in total. The number of hydrogen-bond donors (Lipinski definition) is 1. The zero-order valence-corrected chi connectivity index (χ0v) is 8.70. The average Bonchev–Trinajstić information content (AvgIpc) is 2.00. The number of hydrogen-bond acceptors (Lipinski definition) is 3. The van der Waals surface area contributed by atoms with Crippen molar-refractivity contribution >= 4 is 0 Å². The second-order valence-electron chi connectivity index (χ2n) is 4.49. The van der Waals surface area contributed by atoms with Gasteiger partial charge in [-0.15, -0.1) is 0 Å². The van der Waals surface area contributed by atoms with Crippen LogP contribution in [-0.2, 0) is 5.60 Å². The normalized spacial score (nSPS) is 17.9. The van der Waals surface area contributed by atoms with Gasteiger partial charge in [0.2, 0.25) is 0 Å². The average molecular weight is 192 g/mol. The summed E-state index contributed by atoms with van der Waals surface area (Å²) in [4.78, 5) is 8.50. The van der Waals surface area contributed by atoms with Crippen molar-refractivity contribution in [1.82, 2.24) is 9.97 Å². The van der Waals surface area contributed by atoms with Crippen molar-refractivity contribution in [2.75, 3.05) is 0 Å². The number of aliphatic hydroxyl groups is 1. The molecule has 0 aliphatic heterocycles. The second kappa shape index (κ2) is 3.31. The van der Waals surface area contributed by atoms with Gasteiger partial charge in [-0.3, -0.25) is 0 Å². The molecule has 2 rings (SSSR count). The molecule has 0 spiro atoms. The summed E-state index contributed by atoms with van der Waals surface area (Å²) >= 11 is 0. The molecule has 3 heteroatoms. The smallest absolute Gasteiger partial charge is 0.159 e. The maximum atomic E-state index is 9.76. The van der Waals surface area contributed by atoms with E-state index in [1.807, 2.05) is 6.07 Å². The Morgan fingerprint density at radius 2 is 2.14 bits per heavy atom. The van der Waals surface area contributed by atoms with Gasteiger partial charge >= 0.3 is 0 Å². The molecular weight excluding hydrogens is 176 g/mol. The molecular formula is C11H16N2O. The second-order valence-corrected chi connectivity index (χ2v) is 4.49. The highest BCUT2D eigenvalue weighted by molar-refractivity contribution is 5.13. The third-order valence-corrected chi connectivity index (χ3v) is 2.75. The van der Waals surface area contributed by atoms with E-state index in [0.717, 1.165) is 5.69 Å². The van der Waals surface area contributed by atoms with Crippen LogP contribution in [0.1, 0.15) is 50.5 Å². The molecule has 0 radical (unpaired) electrons. The molecule has 0 bridgehead atoms. The Kier molecular flexibility index (Phi) is 2.27. The minimum atomic E-state index is -0.931. The summed E-state index contributed by atoms with van der Waals surface area (Å²) in [6.45, 7) is 3.43. The number of aromatic nitrogens is 2. The maximum Gasteiger partial charge on any atom is 0.159 e. The first kappa shape index (κ1) is 9.59. The summed E-state index contributed by atoms with van der Waals surface area (Å²) in [6, 6.07) is 1.96. The summed E-state index contributed by atoms with van der Waals surface area (Å²) in [6.07, 6.45) is 5.49. The Morgan fingerprint density at radius 1 is 1.43 bits per heavy atom. The highest BCUT2D eigenvalue weighted by Gasteiger charge is 2.24. The Balaban J connectivity index is 2.26. The summed E-state index contributed by atoms with van der Waals surface area (Å²) in [7, 11) is 0. The lowest BCUT2D eigenvalue weighted by atomic mass is 9.83. The van der Waals surface area contributed by atoms with E-state index in [1.54, 1.807) is 20.0 Å². The molecule has 0 aromatic carbocycles. The van der Waals surface area contributed by atoms with Crippen molar-refractivity contribution in [2.24, 2.45) is 0 Å². The van der Waals surface area contributed by atoms with Crippen molar-refractivity contribution in [2.45, 2.75) is 44.6 Å². The fourth-order valence-electron chi connectivity index (χ4n) is 1.60. The van der Waals surface area contributed by atoms with Gasteiger partial charge in [0.1, 0.15) is 5.60 Å². The SMILES string of the molecule is CC(C)(O)c1nccc(C2CCC2)n1. The lowest BCUT2D eigenvalue weighted by Gasteiger charge is -2.25. The van der Waals surface area contributed by atoms with Gasteiger partial charge in [-0.05, 0) is 32.8 Å². The standard InChI is InChI=1S/C11H16N2O/c1-11(2,14)10-12-7-6-9(13-10)8-4-3-5-8/h6-8,14H,3-5H2,1-2H3. The predicted molar refractivity (Wildman–Crippen MR) is 53.9 cm³/mol. The van der Waals surface area contributed by atoms with Crippen LogP contribution < -0.4 is 0 Å². The minimum absolute atomic E-state index is 0.530. The van der Waals surface area contributed by atoms with E-state index in [4.69, 9.17) is 0 Å². The van der Waals surface area contributed by atoms with Crippen LogP contribution in [0.4, 0.5) is 0 Å². The molecule has 1 aromatic heterocycles. The van der Waals surface area contributed by atoms with Crippen LogP contribution >= 0.6 is 0 Å². The van der Waals surface area contributed by atoms with Gasteiger partial charge in [0.25, 0.3) is 0 Å². The molecule has 14 heavy (non-hydrogen) atoms. The summed E-state index contributed by atoms with van der Waals surface area (Å²) in [5, 5.41) is 9.76. The highest BCUT2D eigenvalue weighted by Crippen LogP contribution is 2.35. The van der Waals surface area contributed by atoms with Crippen LogP contribution in [0.2, 0.25) is 0 Å². The molecule has 0 saturated heterocycles. The molecule has 3 nitrogen and oxygen atoms in total. The topological polar surface area (TPSA) is 46.0 Å². The Labute approximate surface area is 84.2 Å². The molecule has 76 valence electrons. The van der Waals surface area contributed by atoms with E-state index in [-0.39, 0.29) is 0 Å². The van der Waals surface area contributed by atoms with Gasteiger partial charge in [-0.25, -0.2) is 9.97 Å². The molecule has 0 amide bonds. The van der Waals surface area contributed by atoms with Gasteiger partial charge in [-0.1, -0.05) is 6.42 Å². The lowest BCUT2D eigenvalue weighted by molar-refractivity contribution is 0.0682. The van der Waals surface area contributed by atoms with E-state index in [0.29, 0.717) is 11.7 Å². The van der Waals surface area contributed by atoms with Gasteiger partial charge in [0.15, 0.2) is 5.82 Å². The van der Waals surface area contributed by atoms with Gasteiger partial charge < -0.3 is 5.11 Å². The van der Waals surface area contributed by atoms with E-state index >= 15 is 0 Å². The van der Waals surface area contributed by atoms with Crippen molar-refractivity contribution in [1.29, 1.82) is 0 Å². The first-order chi connectivity index (χ1) is 6.57. The van der Waals surface area contributed by atoms with E-state index in [1.165, 1.54) is 19.3 Å². The highest BCUT2D eigenvalue weighted by atomic mass is 16.3. The van der Waals surface area contributed by atoms with Crippen LogP contribution in [0.25, 0.3) is 0 Å². The fourth-order valence-corrected chi connectivity index (χ4v) is 1.60. The number of nitrogens with zero attached hydrogens (tertiary/aromatic N) is 2. The predicted octanol–water partition coefficient (Wildman–Crippen LogP) is 1.97. The van der Waals surface area contributed by atoms with Crippen molar-refractivity contribution < 1.29 is 5.11 Å². The quantitative estimate of drug-likeness (QED) is 0.779. The van der Waals surface area contributed by atoms with Crippen LogP contribution in [0, 0.1) is 0 Å². The zero-order chi connectivity index (χ0) is 10.2. The van der Waals surface area contributed by atoms with Crippen molar-refractivity contribution in [3.05, 3.63) is 23.8 Å². The molecule has 1 saturated carbocycles. The Bertz CT molecular complexity index is 326. The minimum Gasteiger partial charge on any atom is -0.382 e. The van der Waals surface area contributed by atoms with Gasteiger partial charge in [0, 0.05) is 17.8 Å². The van der Waals surface area contributed by atoms with Crippen LogP contribution in [0.5, 0.6) is 0 Å². The molecule has 0 unspecified atom stereocenters. The zero-order valence-electron chi connectivity index (χ0n) is 8.70. The first-order valence-electron chi connectivity index (χ1n) is 5.13. The van der Waals surface area contributed by atoms with E-state index < -0.39 is 5.60 Å². The van der Waals surface area contributed by atoms with E-state index in [9.17, 15) is 5.11 Å². The molecule has 1 aliphatic carbocycles. The third-order valence-electron chi connectivity index (χ3n) is 2.75. The fraction of sp³-hybridized carbons (Fsp3) is 0.636. The van der Waals surface area contributed by atoms with Crippen LogP contribution in [0.3, 0.4) is 0 Å². The monoisotopic (exact) mass is 192 g/mol. The first-order valence-corrected chi connectivity index (χ1v) is 5.13. The molecule has 1 aromatic rings. The molecule has 1 heterocycles. The molecule has 0 atom stereocenters. The molecule has 1 aliphatic rings. The molecule has 1 fully saturated rings. The van der Waals surface area contributed by atoms with Crippen LogP contribution in [-0.4, -0.2) is 15.1 Å². The van der Waals surface area contributed by atoms with Gasteiger partial charge in [0.05, 0.1) is 0 Å². The van der Waals surface area contributed by atoms with Gasteiger partial charge in [-0.2, -0.15) is 0 Å². The van der Waals surface area contributed by atoms with Crippen molar-refractivity contribution in [3.8, 4) is 0 Å². The summed E-state index contributed by atoms with van der Waals surface area (Å²) in [5.74, 6) is 1.13. The van der Waals surface area contributed by atoms with Crippen molar-refractivity contribution in [3.63, 3.8) is 0 Å². The Hall–Kier alpha value is -0.960. The number of rotatable bonds is 2. The Morgan fingerprint density at radius 3 is 2.64 bits per heavy atom. The largest absolute Gasteiger partial charge is 0.382 e. The lowest BCUT2D eigenvalue weighted by Crippen LogP contribution is -2.21. The summed E-state index contributed by atoms with van der Waals surface area (Å²) in [5.41, 5.74) is 0.156. The van der Waals surface area contributed by atoms with Crippen LogP contribution in [0.15, 0.2) is 12.3 Å². The van der Waals surface area contributed by atoms with E-state index in [2.05, 4.69) is 9.97 Å².